The van der Waals surface area contributed by atoms with Gasteiger partial charge in [-0.05, 0) is 11.1 Å². The van der Waals surface area contributed by atoms with Gasteiger partial charge in [0, 0.05) is 7.11 Å². The van der Waals surface area contributed by atoms with Gasteiger partial charge in [-0.25, -0.2) is 9.59 Å². The SMILES string of the molecule is COC[C@@]1(c2ccccc2)COC(=O)[C@H]2[C@@H]1OC(=O)N2Cc1ccccc1. The van der Waals surface area contributed by atoms with Crippen LogP contribution in [0.3, 0.4) is 0 Å². The molecule has 2 aromatic carbocycles. The first kappa shape index (κ1) is 17.5. The van der Waals surface area contributed by atoms with E-state index in [2.05, 4.69) is 0 Å². The van der Waals surface area contributed by atoms with Gasteiger partial charge < -0.3 is 14.2 Å². The molecule has 2 aliphatic heterocycles. The van der Waals surface area contributed by atoms with E-state index in [4.69, 9.17) is 14.2 Å². The van der Waals surface area contributed by atoms with E-state index in [1.54, 1.807) is 7.11 Å². The average Bonchev–Trinajstić information content (AvgIpc) is 3.03. The molecular formula is C21H21NO5. The normalized spacial score (nSPS) is 27.1. The molecule has 2 aromatic rings. The van der Waals surface area contributed by atoms with Gasteiger partial charge in [0.05, 0.1) is 18.6 Å². The number of amides is 1. The largest absolute Gasteiger partial charge is 0.463 e. The summed E-state index contributed by atoms with van der Waals surface area (Å²) >= 11 is 0. The fraction of sp³-hybridized carbons (Fsp3) is 0.333. The third-order valence-corrected chi connectivity index (χ3v) is 5.29. The van der Waals surface area contributed by atoms with Crippen LogP contribution in [-0.2, 0) is 31.0 Å². The van der Waals surface area contributed by atoms with Crippen molar-refractivity contribution in [3.8, 4) is 0 Å². The van der Waals surface area contributed by atoms with Crippen molar-refractivity contribution in [1.29, 1.82) is 0 Å². The molecule has 0 unspecified atom stereocenters. The van der Waals surface area contributed by atoms with E-state index in [1.165, 1.54) is 4.90 Å². The van der Waals surface area contributed by atoms with Crippen LogP contribution in [0.25, 0.3) is 0 Å². The lowest BCUT2D eigenvalue weighted by molar-refractivity contribution is -0.166. The van der Waals surface area contributed by atoms with Crippen LogP contribution in [0.2, 0.25) is 0 Å². The van der Waals surface area contributed by atoms with Crippen LogP contribution in [-0.4, -0.2) is 49.4 Å². The first-order valence-corrected chi connectivity index (χ1v) is 8.88. The van der Waals surface area contributed by atoms with Crippen LogP contribution in [0.5, 0.6) is 0 Å². The van der Waals surface area contributed by atoms with Gasteiger partial charge in [-0.1, -0.05) is 60.7 Å². The second-order valence-corrected chi connectivity index (χ2v) is 6.93. The van der Waals surface area contributed by atoms with Gasteiger partial charge >= 0.3 is 12.1 Å². The summed E-state index contributed by atoms with van der Waals surface area (Å²) < 4.78 is 16.8. The van der Waals surface area contributed by atoms with Crippen molar-refractivity contribution >= 4 is 12.1 Å². The molecule has 0 aliphatic carbocycles. The minimum absolute atomic E-state index is 0.108. The van der Waals surface area contributed by atoms with Crippen molar-refractivity contribution in [2.45, 2.75) is 24.1 Å². The highest BCUT2D eigenvalue weighted by Crippen LogP contribution is 2.42. The highest BCUT2D eigenvalue weighted by molar-refractivity contribution is 5.86. The minimum atomic E-state index is -0.804. The van der Waals surface area contributed by atoms with Crippen molar-refractivity contribution in [2.75, 3.05) is 20.3 Å². The van der Waals surface area contributed by atoms with Crippen LogP contribution in [0.1, 0.15) is 11.1 Å². The third-order valence-electron chi connectivity index (χ3n) is 5.29. The van der Waals surface area contributed by atoms with Gasteiger partial charge in [-0.15, -0.1) is 0 Å². The molecule has 1 amide bonds. The summed E-state index contributed by atoms with van der Waals surface area (Å²) in [4.78, 5) is 26.7. The summed E-state index contributed by atoms with van der Waals surface area (Å²) in [5.74, 6) is -0.440. The number of hydrogen-bond donors (Lipinski definition) is 0. The Kier molecular flexibility index (Phi) is 4.58. The van der Waals surface area contributed by atoms with Crippen LogP contribution in [0, 0.1) is 0 Å². The summed E-state index contributed by atoms with van der Waals surface area (Å²) in [5.41, 5.74) is 1.10. The molecule has 4 rings (SSSR count). The first-order valence-electron chi connectivity index (χ1n) is 8.88. The molecule has 2 aliphatic rings. The summed E-state index contributed by atoms with van der Waals surface area (Å²) in [6, 6.07) is 18.4. The average molecular weight is 367 g/mol. The molecule has 0 saturated carbocycles. The summed E-state index contributed by atoms with van der Waals surface area (Å²) in [5, 5.41) is 0. The maximum atomic E-state index is 12.7. The molecule has 27 heavy (non-hydrogen) atoms. The maximum Gasteiger partial charge on any atom is 0.411 e. The number of esters is 1. The number of benzene rings is 2. The molecule has 140 valence electrons. The lowest BCUT2D eigenvalue weighted by atomic mass is 9.72. The Morgan fingerprint density at radius 1 is 1.07 bits per heavy atom. The Bertz CT molecular complexity index is 825. The number of rotatable bonds is 5. The highest BCUT2D eigenvalue weighted by atomic mass is 16.6. The van der Waals surface area contributed by atoms with E-state index in [9.17, 15) is 9.59 Å². The highest BCUT2D eigenvalue weighted by Gasteiger charge is 2.61. The monoisotopic (exact) mass is 367 g/mol. The number of carbonyl (C=O) groups is 2. The Morgan fingerprint density at radius 3 is 2.41 bits per heavy atom. The van der Waals surface area contributed by atoms with Gasteiger partial charge in [0.1, 0.15) is 6.61 Å². The van der Waals surface area contributed by atoms with E-state index in [-0.39, 0.29) is 19.8 Å². The van der Waals surface area contributed by atoms with Gasteiger partial charge in [0.25, 0.3) is 0 Å². The molecule has 6 heteroatoms. The van der Waals surface area contributed by atoms with Crippen molar-refractivity contribution in [3.05, 3.63) is 71.8 Å². The molecule has 0 N–H and O–H groups in total. The maximum absolute atomic E-state index is 12.7. The number of cyclic esters (lactones) is 1. The van der Waals surface area contributed by atoms with E-state index in [0.29, 0.717) is 0 Å². The van der Waals surface area contributed by atoms with Crippen molar-refractivity contribution in [3.63, 3.8) is 0 Å². The Labute approximate surface area is 157 Å². The number of nitrogens with zero attached hydrogens (tertiary/aromatic N) is 1. The molecule has 2 heterocycles. The fourth-order valence-corrected chi connectivity index (χ4v) is 3.98. The molecule has 0 bridgehead atoms. The van der Waals surface area contributed by atoms with Crippen LogP contribution < -0.4 is 0 Å². The van der Waals surface area contributed by atoms with E-state index < -0.39 is 29.6 Å². The lowest BCUT2D eigenvalue weighted by Crippen LogP contribution is -2.61. The van der Waals surface area contributed by atoms with Crippen molar-refractivity contribution in [2.24, 2.45) is 0 Å². The standard InChI is InChI=1S/C21H21NO5/c1-25-13-21(16-10-6-3-7-11-16)14-26-19(23)17-18(21)27-20(24)22(17)12-15-8-4-2-5-9-15/h2-11,17-18H,12-14H2,1H3/t17-,18+,21+/m1/s1. The quantitative estimate of drug-likeness (QED) is 0.760. The molecule has 3 atom stereocenters. The third kappa shape index (κ3) is 2.96. The predicted molar refractivity (Wildman–Crippen MR) is 97.0 cm³/mol. The van der Waals surface area contributed by atoms with Crippen LogP contribution in [0.4, 0.5) is 4.79 Å². The molecule has 0 spiro atoms. The number of methoxy groups -OCH3 is 1. The summed E-state index contributed by atoms with van der Waals surface area (Å²) in [7, 11) is 1.59. The first-order chi connectivity index (χ1) is 13.2. The molecule has 2 saturated heterocycles. The van der Waals surface area contributed by atoms with E-state index in [0.717, 1.165) is 11.1 Å². The Morgan fingerprint density at radius 2 is 1.74 bits per heavy atom. The Hall–Kier alpha value is -2.86. The number of ether oxygens (including phenoxy) is 3. The number of carbonyl (C=O) groups excluding carboxylic acids is 2. The molecule has 0 radical (unpaired) electrons. The molecule has 0 aromatic heterocycles. The van der Waals surface area contributed by atoms with Crippen LogP contribution >= 0.6 is 0 Å². The van der Waals surface area contributed by atoms with E-state index >= 15 is 0 Å². The van der Waals surface area contributed by atoms with Crippen molar-refractivity contribution < 1.29 is 23.8 Å². The number of hydrogen-bond acceptors (Lipinski definition) is 5. The molecule has 6 nitrogen and oxygen atoms in total. The van der Waals surface area contributed by atoms with Crippen molar-refractivity contribution in [1.82, 2.24) is 4.90 Å². The molecule has 2 fully saturated rings. The van der Waals surface area contributed by atoms with Gasteiger partial charge in [-0.2, -0.15) is 0 Å². The van der Waals surface area contributed by atoms with Crippen LogP contribution in [0.15, 0.2) is 60.7 Å². The van der Waals surface area contributed by atoms with Gasteiger partial charge in [0.15, 0.2) is 12.1 Å². The fourth-order valence-electron chi connectivity index (χ4n) is 3.98. The minimum Gasteiger partial charge on any atom is -0.463 e. The molecular weight excluding hydrogens is 346 g/mol. The smallest absolute Gasteiger partial charge is 0.411 e. The van der Waals surface area contributed by atoms with Gasteiger partial charge in [-0.3, -0.25) is 4.90 Å². The summed E-state index contributed by atoms with van der Waals surface area (Å²) in [6.07, 6.45) is -1.18. The zero-order chi connectivity index (χ0) is 18.9. The predicted octanol–water partition coefficient (Wildman–Crippen LogP) is 2.52. The second-order valence-electron chi connectivity index (χ2n) is 6.93. The lowest BCUT2D eigenvalue weighted by Gasteiger charge is -2.42. The van der Waals surface area contributed by atoms with Gasteiger partial charge in [0.2, 0.25) is 0 Å². The summed E-state index contributed by atoms with van der Waals surface area (Å²) in [6.45, 7) is 0.670. The number of fused-ring (bicyclic) bond motifs is 1. The van der Waals surface area contributed by atoms with E-state index in [1.807, 2.05) is 60.7 Å². The zero-order valence-corrected chi connectivity index (χ0v) is 15.0. The Balaban J connectivity index is 1.72. The topological polar surface area (TPSA) is 65.1 Å². The zero-order valence-electron chi connectivity index (χ0n) is 15.0. The second kappa shape index (κ2) is 7.04.